The number of carboxylic acid groups (broad SMARTS) is 2. The van der Waals surface area contributed by atoms with Gasteiger partial charge < -0.3 is 48.6 Å². The lowest BCUT2D eigenvalue weighted by Crippen LogP contribution is -2.45. The van der Waals surface area contributed by atoms with Crippen LogP contribution >= 0.6 is 0 Å². The number of unbranched alkanes of at least 4 members (excludes halogenated alkanes) is 11. The van der Waals surface area contributed by atoms with Crippen LogP contribution in [0.1, 0.15) is 110 Å². The molecule has 0 aromatic heterocycles. The summed E-state index contributed by atoms with van der Waals surface area (Å²) in [6.07, 6.45) is 12.4. The highest BCUT2D eigenvalue weighted by Crippen LogP contribution is 2.11. The number of carbonyl (C=O) groups excluding carboxylic acids is 1. The number of hydrogen-bond acceptors (Lipinski definition) is 10. The van der Waals surface area contributed by atoms with E-state index in [0.29, 0.717) is 92.0 Å². The summed E-state index contributed by atoms with van der Waals surface area (Å²) in [6, 6.07) is 0. The number of carboxylic acids is 2. The van der Waals surface area contributed by atoms with Crippen molar-refractivity contribution in [2.24, 2.45) is 0 Å². The maximum Gasteiger partial charge on any atom is 0.303 e. The largest absolute Gasteiger partial charge is 0.481 e. The van der Waals surface area contributed by atoms with Crippen LogP contribution in [0.4, 0.5) is 0 Å². The minimum absolute atomic E-state index is 0.00437. The third-order valence-electron chi connectivity index (χ3n) is 7.53. The first-order valence-corrected chi connectivity index (χ1v) is 18.3. The number of ether oxygens (including phenoxy) is 6. The second-order valence-electron chi connectivity index (χ2n) is 11.8. The molecule has 0 rings (SSSR count). The Balaban J connectivity index is 4.82. The Morgan fingerprint density at radius 2 is 1.00 bits per heavy atom. The zero-order valence-corrected chi connectivity index (χ0v) is 29.8. The van der Waals surface area contributed by atoms with E-state index in [4.69, 9.17) is 43.7 Å². The van der Waals surface area contributed by atoms with E-state index in [1.165, 1.54) is 19.3 Å². The van der Waals surface area contributed by atoms with E-state index >= 15 is 0 Å². The molecule has 48 heavy (non-hydrogen) atoms. The van der Waals surface area contributed by atoms with Crippen molar-refractivity contribution in [1.29, 1.82) is 0 Å². The van der Waals surface area contributed by atoms with Crippen LogP contribution in [0.15, 0.2) is 0 Å². The molecule has 13 heteroatoms. The van der Waals surface area contributed by atoms with Gasteiger partial charge in [-0.3, -0.25) is 14.4 Å². The zero-order chi connectivity index (χ0) is 35.3. The molecule has 0 aliphatic carbocycles. The van der Waals surface area contributed by atoms with Gasteiger partial charge in [0, 0.05) is 39.1 Å². The molecule has 0 saturated heterocycles. The molecule has 0 bridgehead atoms. The summed E-state index contributed by atoms with van der Waals surface area (Å²) in [4.78, 5) is 37.0. The van der Waals surface area contributed by atoms with Gasteiger partial charge in [0.25, 0.3) is 5.91 Å². The molecule has 13 nitrogen and oxygen atoms in total. The molecule has 0 radical (unpaired) electrons. The van der Waals surface area contributed by atoms with Gasteiger partial charge in [0.1, 0.15) is 0 Å². The van der Waals surface area contributed by atoms with Gasteiger partial charge >= 0.3 is 11.9 Å². The van der Waals surface area contributed by atoms with Crippen LogP contribution in [-0.2, 0) is 42.8 Å². The quantitative estimate of drug-likeness (QED) is 0.0760. The fraction of sp³-hybridized carbons (Fsp3) is 0.914. The summed E-state index contributed by atoms with van der Waals surface area (Å²) in [5.41, 5.74) is 0. The van der Waals surface area contributed by atoms with E-state index < -0.39 is 18.0 Å². The predicted molar refractivity (Wildman–Crippen MR) is 182 cm³/mol. The van der Waals surface area contributed by atoms with Gasteiger partial charge in [-0.25, -0.2) is 0 Å². The van der Waals surface area contributed by atoms with Gasteiger partial charge in [-0.05, 0) is 32.1 Å². The molecule has 0 aliphatic rings. The van der Waals surface area contributed by atoms with Gasteiger partial charge in [-0.15, -0.1) is 0 Å². The SMILES string of the molecule is CCCCCCCCN(CCOCCOCCOCCOCCO)C(=O)C(COCCCCCCC(=O)O)OCCCCCCC(=O)O. The van der Waals surface area contributed by atoms with Crippen LogP contribution in [0, 0.1) is 0 Å². The highest BCUT2D eigenvalue weighted by Gasteiger charge is 2.25. The van der Waals surface area contributed by atoms with Crippen LogP contribution < -0.4 is 0 Å². The molecule has 1 atom stereocenters. The smallest absolute Gasteiger partial charge is 0.303 e. The van der Waals surface area contributed by atoms with Crippen molar-refractivity contribution in [2.45, 2.75) is 116 Å². The van der Waals surface area contributed by atoms with Gasteiger partial charge in [0.15, 0.2) is 6.10 Å². The van der Waals surface area contributed by atoms with Crippen molar-refractivity contribution in [1.82, 2.24) is 4.90 Å². The minimum Gasteiger partial charge on any atom is -0.481 e. The molecule has 0 aromatic carbocycles. The van der Waals surface area contributed by atoms with Crippen LogP contribution in [0.5, 0.6) is 0 Å². The van der Waals surface area contributed by atoms with E-state index in [2.05, 4.69) is 6.92 Å². The Labute approximate surface area is 288 Å². The molecule has 284 valence electrons. The first-order chi connectivity index (χ1) is 23.4. The molecule has 0 saturated carbocycles. The first-order valence-electron chi connectivity index (χ1n) is 18.3. The average Bonchev–Trinajstić information content (AvgIpc) is 3.06. The van der Waals surface area contributed by atoms with Crippen molar-refractivity contribution < 1.29 is 58.1 Å². The monoisotopic (exact) mass is 693 g/mol. The zero-order valence-electron chi connectivity index (χ0n) is 29.8. The number of aliphatic carboxylic acids is 2. The summed E-state index contributed by atoms with van der Waals surface area (Å²) in [7, 11) is 0. The maximum atomic E-state index is 13.8. The molecule has 0 spiro atoms. The molecule has 1 amide bonds. The number of carbonyl (C=O) groups is 3. The summed E-state index contributed by atoms with van der Waals surface area (Å²) >= 11 is 0. The molecule has 0 fully saturated rings. The van der Waals surface area contributed by atoms with Gasteiger partial charge in [-0.2, -0.15) is 0 Å². The van der Waals surface area contributed by atoms with Crippen LogP contribution in [-0.4, -0.2) is 137 Å². The Kier molecular flexibility index (Phi) is 35.0. The number of amides is 1. The molecule has 3 N–H and O–H groups in total. The molecule has 0 aliphatic heterocycles. The Bertz CT molecular complexity index is 742. The number of nitrogens with zero attached hydrogens (tertiary/aromatic N) is 1. The third kappa shape index (κ3) is 32.7. The van der Waals surface area contributed by atoms with E-state index in [9.17, 15) is 14.4 Å². The highest BCUT2D eigenvalue weighted by atomic mass is 16.6. The fourth-order valence-electron chi connectivity index (χ4n) is 4.79. The van der Waals surface area contributed by atoms with Crippen molar-refractivity contribution >= 4 is 17.8 Å². The lowest BCUT2D eigenvalue weighted by molar-refractivity contribution is -0.149. The normalized spacial score (nSPS) is 12.0. The second kappa shape index (κ2) is 36.4. The van der Waals surface area contributed by atoms with E-state index in [0.717, 1.165) is 57.8 Å². The van der Waals surface area contributed by atoms with Gasteiger partial charge in [0.2, 0.25) is 0 Å². The summed E-state index contributed by atoms with van der Waals surface area (Å²) in [5, 5.41) is 26.3. The highest BCUT2D eigenvalue weighted by molar-refractivity contribution is 5.81. The Hall–Kier alpha value is -1.87. The molecule has 0 aromatic rings. The van der Waals surface area contributed by atoms with Crippen molar-refractivity contribution in [3.8, 4) is 0 Å². The van der Waals surface area contributed by atoms with Crippen molar-refractivity contribution in [3.63, 3.8) is 0 Å². The number of rotatable bonds is 39. The lowest BCUT2D eigenvalue weighted by atomic mass is 10.1. The molecule has 0 heterocycles. The Morgan fingerprint density at radius 3 is 1.56 bits per heavy atom. The summed E-state index contributed by atoms with van der Waals surface area (Å²) < 4.78 is 33.8. The van der Waals surface area contributed by atoms with E-state index in [1.807, 2.05) is 4.90 Å². The topological polar surface area (TPSA) is 171 Å². The standard InChI is InChI=1S/C35H67NO12/c1-2-3-4-5-8-13-18-36(19-23-43-25-27-45-29-30-46-28-26-44-24-20-37)35(42)32(48-22-15-10-7-12-17-34(40)41)31-47-21-14-9-6-11-16-33(38)39/h32,37H,2-31H2,1H3,(H,38,39)(H,40,41). The van der Waals surface area contributed by atoms with Crippen LogP contribution in [0.25, 0.3) is 0 Å². The fourth-order valence-corrected chi connectivity index (χ4v) is 4.79. The number of aliphatic hydroxyl groups excluding tert-OH is 1. The summed E-state index contributed by atoms with van der Waals surface area (Å²) in [5.74, 6) is -1.69. The maximum absolute atomic E-state index is 13.8. The number of aliphatic hydroxyl groups is 1. The average molecular weight is 694 g/mol. The van der Waals surface area contributed by atoms with Gasteiger partial charge in [-0.1, -0.05) is 64.7 Å². The minimum atomic E-state index is -0.791. The van der Waals surface area contributed by atoms with E-state index in [-0.39, 0.29) is 32.0 Å². The number of hydrogen-bond donors (Lipinski definition) is 3. The second-order valence-corrected chi connectivity index (χ2v) is 11.8. The molecular weight excluding hydrogens is 626 g/mol. The lowest BCUT2D eigenvalue weighted by Gasteiger charge is -2.28. The predicted octanol–water partition coefficient (Wildman–Crippen LogP) is 4.71. The van der Waals surface area contributed by atoms with Gasteiger partial charge in [0.05, 0.1) is 66.1 Å². The van der Waals surface area contributed by atoms with E-state index in [1.54, 1.807) is 0 Å². The third-order valence-corrected chi connectivity index (χ3v) is 7.53. The van der Waals surface area contributed by atoms with Crippen molar-refractivity contribution in [3.05, 3.63) is 0 Å². The molecule has 1 unspecified atom stereocenters. The van der Waals surface area contributed by atoms with Crippen molar-refractivity contribution in [2.75, 3.05) is 92.4 Å². The van der Waals surface area contributed by atoms with Crippen LogP contribution in [0.2, 0.25) is 0 Å². The first kappa shape index (κ1) is 46.1. The summed E-state index contributed by atoms with van der Waals surface area (Å²) in [6.45, 7) is 7.48. The Morgan fingerprint density at radius 1 is 0.521 bits per heavy atom. The molecular formula is C35H67NO12. The van der Waals surface area contributed by atoms with Crippen LogP contribution in [0.3, 0.4) is 0 Å².